The summed E-state index contributed by atoms with van der Waals surface area (Å²) in [7, 11) is 0. The molecular formula is C14H22N2O. The number of hydrogen-bond acceptors (Lipinski definition) is 3. The third-order valence-electron chi connectivity index (χ3n) is 3.26. The maximum Gasteiger partial charge on any atom is 0.0642 e. The van der Waals surface area contributed by atoms with Crippen LogP contribution in [0.5, 0.6) is 0 Å². The minimum absolute atomic E-state index is 0.418. The summed E-state index contributed by atoms with van der Waals surface area (Å²) in [6.07, 6.45) is 0. The van der Waals surface area contributed by atoms with Gasteiger partial charge in [0.05, 0.1) is 13.2 Å². The van der Waals surface area contributed by atoms with Gasteiger partial charge in [0.1, 0.15) is 0 Å². The number of nitrogens with zero attached hydrogens (tertiary/aromatic N) is 1. The number of morpholine rings is 1. The van der Waals surface area contributed by atoms with Gasteiger partial charge < -0.3 is 15.0 Å². The number of benzene rings is 1. The Kier molecular flexibility index (Phi) is 4.40. The van der Waals surface area contributed by atoms with Gasteiger partial charge in [-0.3, -0.25) is 0 Å². The van der Waals surface area contributed by atoms with Gasteiger partial charge in [0.25, 0.3) is 0 Å². The van der Waals surface area contributed by atoms with Gasteiger partial charge in [0.15, 0.2) is 0 Å². The van der Waals surface area contributed by atoms with Crippen molar-refractivity contribution >= 4 is 5.69 Å². The van der Waals surface area contributed by atoms with Crippen molar-refractivity contribution in [1.29, 1.82) is 0 Å². The van der Waals surface area contributed by atoms with Crippen LogP contribution in [-0.4, -0.2) is 32.8 Å². The molecule has 2 rings (SSSR count). The lowest BCUT2D eigenvalue weighted by Crippen LogP contribution is -2.36. The van der Waals surface area contributed by atoms with E-state index in [0.29, 0.717) is 6.04 Å². The van der Waals surface area contributed by atoms with E-state index < -0.39 is 0 Å². The van der Waals surface area contributed by atoms with Crippen LogP contribution in [0.25, 0.3) is 0 Å². The van der Waals surface area contributed by atoms with Crippen molar-refractivity contribution in [3.63, 3.8) is 0 Å². The van der Waals surface area contributed by atoms with E-state index in [2.05, 4.69) is 48.3 Å². The van der Waals surface area contributed by atoms with Gasteiger partial charge in [0.2, 0.25) is 0 Å². The summed E-state index contributed by atoms with van der Waals surface area (Å²) in [5, 5.41) is 3.45. The van der Waals surface area contributed by atoms with Gasteiger partial charge in [-0.15, -0.1) is 0 Å². The van der Waals surface area contributed by atoms with Gasteiger partial charge >= 0.3 is 0 Å². The maximum absolute atomic E-state index is 5.38. The molecule has 0 spiro atoms. The van der Waals surface area contributed by atoms with Crippen molar-refractivity contribution in [2.24, 2.45) is 0 Å². The highest BCUT2D eigenvalue weighted by Gasteiger charge is 2.12. The first-order valence-corrected chi connectivity index (χ1v) is 6.47. The molecule has 1 heterocycles. The van der Waals surface area contributed by atoms with Crippen LogP contribution in [0.2, 0.25) is 0 Å². The highest BCUT2D eigenvalue weighted by Crippen LogP contribution is 2.21. The standard InChI is InChI=1S/C14H22N2O/c1-3-15-12(2)13-5-4-6-14(11-13)16-7-9-17-10-8-16/h4-6,11-12,15H,3,7-10H2,1-2H3. The summed E-state index contributed by atoms with van der Waals surface area (Å²) >= 11 is 0. The van der Waals surface area contributed by atoms with Gasteiger partial charge in [0, 0.05) is 24.8 Å². The number of rotatable bonds is 4. The molecule has 0 radical (unpaired) electrons. The van der Waals surface area contributed by atoms with Gasteiger partial charge in [-0.2, -0.15) is 0 Å². The monoisotopic (exact) mass is 234 g/mol. The summed E-state index contributed by atoms with van der Waals surface area (Å²) in [5.41, 5.74) is 2.67. The van der Waals surface area contributed by atoms with Crippen LogP contribution < -0.4 is 10.2 Å². The molecule has 1 aromatic carbocycles. The number of ether oxygens (including phenoxy) is 1. The fraction of sp³-hybridized carbons (Fsp3) is 0.571. The van der Waals surface area contributed by atoms with Crippen LogP contribution in [0.4, 0.5) is 5.69 Å². The third-order valence-corrected chi connectivity index (χ3v) is 3.26. The van der Waals surface area contributed by atoms with Crippen LogP contribution >= 0.6 is 0 Å². The molecule has 94 valence electrons. The normalized spacial score (nSPS) is 18.1. The number of nitrogens with one attached hydrogen (secondary N) is 1. The first-order chi connectivity index (χ1) is 8.31. The molecule has 0 amide bonds. The molecule has 0 aliphatic carbocycles. The molecule has 1 atom stereocenters. The average molecular weight is 234 g/mol. The van der Waals surface area contributed by atoms with E-state index in [1.807, 2.05) is 0 Å². The van der Waals surface area contributed by atoms with E-state index in [-0.39, 0.29) is 0 Å². The van der Waals surface area contributed by atoms with E-state index in [1.54, 1.807) is 0 Å². The van der Waals surface area contributed by atoms with Crippen molar-refractivity contribution in [2.45, 2.75) is 19.9 Å². The fourth-order valence-electron chi connectivity index (χ4n) is 2.24. The van der Waals surface area contributed by atoms with Gasteiger partial charge in [-0.1, -0.05) is 19.1 Å². The Balaban J connectivity index is 2.09. The van der Waals surface area contributed by atoms with E-state index >= 15 is 0 Å². The van der Waals surface area contributed by atoms with Crippen molar-refractivity contribution < 1.29 is 4.74 Å². The first kappa shape index (κ1) is 12.4. The summed E-state index contributed by atoms with van der Waals surface area (Å²) in [4.78, 5) is 2.39. The molecule has 1 aliphatic heterocycles. The Bertz CT molecular complexity index is 348. The molecule has 1 N–H and O–H groups in total. The summed E-state index contributed by atoms with van der Waals surface area (Å²) in [5.74, 6) is 0. The zero-order chi connectivity index (χ0) is 12.1. The van der Waals surface area contributed by atoms with E-state index in [9.17, 15) is 0 Å². The Morgan fingerprint density at radius 2 is 2.12 bits per heavy atom. The molecule has 1 fully saturated rings. The minimum atomic E-state index is 0.418. The molecule has 1 saturated heterocycles. The zero-order valence-electron chi connectivity index (χ0n) is 10.8. The molecule has 0 aromatic heterocycles. The van der Waals surface area contributed by atoms with Gasteiger partial charge in [-0.25, -0.2) is 0 Å². The molecule has 3 nitrogen and oxygen atoms in total. The zero-order valence-corrected chi connectivity index (χ0v) is 10.8. The van der Waals surface area contributed by atoms with E-state index in [1.165, 1.54) is 11.3 Å². The molecule has 17 heavy (non-hydrogen) atoms. The molecule has 1 aliphatic rings. The molecule has 1 unspecified atom stereocenters. The molecule has 0 bridgehead atoms. The average Bonchev–Trinajstić information content (AvgIpc) is 2.40. The molecule has 0 saturated carbocycles. The second kappa shape index (κ2) is 6.03. The summed E-state index contributed by atoms with van der Waals surface area (Å²) in [6.45, 7) is 9.03. The van der Waals surface area contributed by atoms with Crippen molar-refractivity contribution in [2.75, 3.05) is 37.7 Å². The third kappa shape index (κ3) is 3.20. The van der Waals surface area contributed by atoms with Crippen molar-refractivity contribution in [1.82, 2.24) is 5.32 Å². The highest BCUT2D eigenvalue weighted by molar-refractivity contribution is 5.49. The lowest BCUT2D eigenvalue weighted by atomic mass is 10.1. The second-order valence-corrected chi connectivity index (χ2v) is 4.47. The predicted molar refractivity (Wildman–Crippen MR) is 71.6 cm³/mol. The van der Waals surface area contributed by atoms with E-state index in [0.717, 1.165) is 32.8 Å². The minimum Gasteiger partial charge on any atom is -0.378 e. The second-order valence-electron chi connectivity index (χ2n) is 4.47. The van der Waals surface area contributed by atoms with E-state index in [4.69, 9.17) is 4.74 Å². The van der Waals surface area contributed by atoms with Crippen LogP contribution in [0.3, 0.4) is 0 Å². The Hall–Kier alpha value is -1.06. The maximum atomic E-state index is 5.38. The predicted octanol–water partition coefficient (Wildman–Crippen LogP) is 2.19. The first-order valence-electron chi connectivity index (χ1n) is 6.47. The fourth-order valence-corrected chi connectivity index (χ4v) is 2.24. The van der Waals surface area contributed by atoms with Crippen LogP contribution in [0.1, 0.15) is 25.5 Å². The smallest absolute Gasteiger partial charge is 0.0642 e. The molecule has 3 heteroatoms. The molecular weight excluding hydrogens is 212 g/mol. The SMILES string of the molecule is CCNC(C)c1cccc(N2CCOCC2)c1. The van der Waals surface area contributed by atoms with Crippen LogP contribution in [0.15, 0.2) is 24.3 Å². The van der Waals surface area contributed by atoms with Crippen molar-refractivity contribution in [3.8, 4) is 0 Å². The topological polar surface area (TPSA) is 24.5 Å². The van der Waals surface area contributed by atoms with Gasteiger partial charge in [-0.05, 0) is 31.2 Å². The quantitative estimate of drug-likeness (QED) is 0.864. The Morgan fingerprint density at radius 3 is 2.82 bits per heavy atom. The van der Waals surface area contributed by atoms with Crippen LogP contribution in [0, 0.1) is 0 Å². The lowest BCUT2D eigenvalue weighted by Gasteiger charge is -2.29. The Morgan fingerprint density at radius 1 is 1.35 bits per heavy atom. The highest BCUT2D eigenvalue weighted by atomic mass is 16.5. The summed E-state index contributed by atoms with van der Waals surface area (Å²) < 4.78 is 5.38. The largest absolute Gasteiger partial charge is 0.378 e. The summed E-state index contributed by atoms with van der Waals surface area (Å²) in [6, 6.07) is 9.23. The number of anilines is 1. The number of hydrogen-bond donors (Lipinski definition) is 1. The lowest BCUT2D eigenvalue weighted by molar-refractivity contribution is 0.122. The molecule has 1 aromatic rings. The van der Waals surface area contributed by atoms with Crippen LogP contribution in [-0.2, 0) is 4.74 Å². The van der Waals surface area contributed by atoms with Crippen molar-refractivity contribution in [3.05, 3.63) is 29.8 Å². The Labute approximate surface area is 104 Å².